The van der Waals surface area contributed by atoms with E-state index in [1.165, 1.54) is 12.1 Å². The molecule has 1 fully saturated rings. The van der Waals surface area contributed by atoms with Crippen LogP contribution < -0.4 is 5.56 Å². The molecule has 0 amide bonds. The molecule has 2 aromatic heterocycles. The Morgan fingerprint density at radius 1 is 1.19 bits per heavy atom. The van der Waals surface area contributed by atoms with Crippen LogP contribution >= 0.6 is 0 Å². The average Bonchev–Trinajstić information content (AvgIpc) is 3.55. The third kappa shape index (κ3) is 5.62. The molecule has 0 saturated carbocycles. The molecule has 5 rings (SSSR count). The molecule has 9 heteroatoms. The molecule has 2 aromatic carbocycles. The highest BCUT2D eigenvalue weighted by Gasteiger charge is 2.28. The molecule has 2 atom stereocenters. The number of hydrogen-bond acceptors (Lipinski definition) is 6. The Morgan fingerprint density at radius 3 is 2.73 bits per heavy atom. The summed E-state index contributed by atoms with van der Waals surface area (Å²) in [5, 5.41) is 13.7. The number of pyridine rings is 1. The van der Waals surface area contributed by atoms with E-state index in [-0.39, 0.29) is 23.5 Å². The van der Waals surface area contributed by atoms with Gasteiger partial charge in [-0.05, 0) is 84.3 Å². The number of fused-ring (bicyclic) bond motifs is 1. The van der Waals surface area contributed by atoms with Crippen LogP contribution in [0.2, 0.25) is 0 Å². The van der Waals surface area contributed by atoms with Crippen LogP contribution in [0.4, 0.5) is 4.39 Å². The van der Waals surface area contributed by atoms with Gasteiger partial charge in [-0.25, -0.2) is 9.07 Å². The monoisotopic (exact) mass is 504 g/mol. The molecular weight excluding hydrogens is 471 g/mol. The number of aromatic nitrogens is 5. The summed E-state index contributed by atoms with van der Waals surface area (Å²) in [7, 11) is 0. The highest BCUT2D eigenvalue weighted by Crippen LogP contribution is 2.28. The second-order valence-electron chi connectivity index (χ2n) is 9.98. The quantitative estimate of drug-likeness (QED) is 0.358. The van der Waals surface area contributed by atoms with E-state index in [0.717, 1.165) is 59.3 Å². The normalized spacial score (nSPS) is 16.6. The number of benzene rings is 2. The fourth-order valence-corrected chi connectivity index (χ4v) is 5.33. The van der Waals surface area contributed by atoms with Gasteiger partial charge in [0.2, 0.25) is 0 Å². The van der Waals surface area contributed by atoms with Crippen LogP contribution in [0.3, 0.4) is 0 Å². The van der Waals surface area contributed by atoms with E-state index in [1.54, 1.807) is 12.1 Å². The predicted octanol–water partition coefficient (Wildman–Crippen LogP) is 4.60. The number of halogens is 1. The lowest BCUT2D eigenvalue weighted by Crippen LogP contribution is -2.33. The number of tetrazole rings is 1. The Kier molecular flexibility index (Phi) is 7.43. The van der Waals surface area contributed by atoms with Gasteiger partial charge in [0.1, 0.15) is 5.82 Å². The summed E-state index contributed by atoms with van der Waals surface area (Å²) in [4.78, 5) is 18.5. The minimum Gasteiger partial charge on any atom is -0.376 e. The van der Waals surface area contributed by atoms with Gasteiger partial charge in [0, 0.05) is 25.3 Å². The molecule has 0 spiro atoms. The first-order valence-electron chi connectivity index (χ1n) is 12.9. The summed E-state index contributed by atoms with van der Waals surface area (Å²) >= 11 is 0. The predicted molar refractivity (Wildman–Crippen MR) is 140 cm³/mol. The Balaban J connectivity index is 1.51. The van der Waals surface area contributed by atoms with Gasteiger partial charge >= 0.3 is 0 Å². The number of nitrogens with zero attached hydrogens (tertiary/aromatic N) is 5. The molecule has 4 aromatic rings. The summed E-state index contributed by atoms with van der Waals surface area (Å²) in [5.74, 6) is 0.462. The van der Waals surface area contributed by atoms with Crippen LogP contribution in [0.15, 0.2) is 47.3 Å². The second-order valence-corrected chi connectivity index (χ2v) is 9.98. The lowest BCUT2D eigenvalue weighted by Gasteiger charge is -2.30. The standard InChI is InChI=1S/C28H33FN6O2/c1-4-25(27-31-32-33-35(27)17-24-6-5-11-37-24)34(15-20-7-9-23(29)10-8-20)16-22-14-21-13-18(2)12-19(3)26(21)30-28(22)36/h7-10,12-14,24-25H,4-6,11,15-17H2,1-3H3,(H,30,36)/t24-,25+/m0/s1. The highest BCUT2D eigenvalue weighted by atomic mass is 19.1. The van der Waals surface area contributed by atoms with E-state index in [1.807, 2.05) is 17.7 Å². The van der Waals surface area contributed by atoms with Crippen molar-refractivity contribution in [1.29, 1.82) is 0 Å². The summed E-state index contributed by atoms with van der Waals surface area (Å²) in [5.41, 5.74) is 4.54. The van der Waals surface area contributed by atoms with Crippen molar-refractivity contribution in [2.24, 2.45) is 0 Å². The average molecular weight is 505 g/mol. The van der Waals surface area contributed by atoms with E-state index < -0.39 is 0 Å². The maximum atomic E-state index is 13.6. The van der Waals surface area contributed by atoms with Crippen LogP contribution in [0.5, 0.6) is 0 Å². The summed E-state index contributed by atoms with van der Waals surface area (Å²) in [6, 6.07) is 12.5. The summed E-state index contributed by atoms with van der Waals surface area (Å²) in [6.07, 6.45) is 2.86. The molecule has 1 N–H and O–H groups in total. The van der Waals surface area contributed by atoms with Crippen molar-refractivity contribution in [2.75, 3.05) is 6.61 Å². The Morgan fingerprint density at radius 2 is 2.00 bits per heavy atom. The molecular formula is C28H33FN6O2. The van der Waals surface area contributed by atoms with Crippen molar-refractivity contribution in [2.45, 2.75) is 71.8 Å². The van der Waals surface area contributed by atoms with Crippen molar-refractivity contribution < 1.29 is 9.13 Å². The van der Waals surface area contributed by atoms with Crippen molar-refractivity contribution in [3.63, 3.8) is 0 Å². The number of H-pyrrole nitrogens is 1. The Hall–Kier alpha value is -3.43. The van der Waals surface area contributed by atoms with Crippen LogP contribution in [0.1, 0.15) is 60.3 Å². The first-order valence-corrected chi connectivity index (χ1v) is 12.9. The molecule has 0 unspecified atom stereocenters. The molecule has 37 heavy (non-hydrogen) atoms. The Labute approximate surface area is 215 Å². The van der Waals surface area contributed by atoms with Gasteiger partial charge in [0.05, 0.1) is 24.2 Å². The maximum Gasteiger partial charge on any atom is 0.252 e. The van der Waals surface area contributed by atoms with E-state index in [2.05, 4.69) is 51.4 Å². The minimum atomic E-state index is -0.278. The molecule has 3 heterocycles. The van der Waals surface area contributed by atoms with Gasteiger partial charge in [-0.3, -0.25) is 9.69 Å². The van der Waals surface area contributed by atoms with Crippen molar-refractivity contribution in [3.05, 3.63) is 86.7 Å². The zero-order chi connectivity index (χ0) is 25.9. The molecule has 194 valence electrons. The third-order valence-electron chi connectivity index (χ3n) is 7.13. The zero-order valence-electron chi connectivity index (χ0n) is 21.6. The lowest BCUT2D eigenvalue weighted by atomic mass is 10.0. The molecule has 0 bridgehead atoms. The number of aryl methyl sites for hydroxylation is 2. The Bertz CT molecular complexity index is 1430. The van der Waals surface area contributed by atoms with Crippen molar-refractivity contribution in [3.8, 4) is 0 Å². The van der Waals surface area contributed by atoms with Crippen molar-refractivity contribution >= 4 is 10.9 Å². The van der Waals surface area contributed by atoms with Gasteiger partial charge < -0.3 is 9.72 Å². The first kappa shape index (κ1) is 25.2. The van der Waals surface area contributed by atoms with Crippen LogP contribution in [-0.4, -0.2) is 42.8 Å². The van der Waals surface area contributed by atoms with E-state index in [0.29, 0.717) is 25.2 Å². The number of nitrogens with one attached hydrogen (secondary N) is 1. The summed E-state index contributed by atoms with van der Waals surface area (Å²) < 4.78 is 21.3. The first-order chi connectivity index (χ1) is 17.9. The van der Waals surface area contributed by atoms with Gasteiger partial charge in [-0.2, -0.15) is 0 Å². The van der Waals surface area contributed by atoms with E-state index in [4.69, 9.17) is 4.74 Å². The largest absolute Gasteiger partial charge is 0.376 e. The number of aromatic amines is 1. The highest BCUT2D eigenvalue weighted by molar-refractivity contribution is 5.82. The molecule has 0 radical (unpaired) electrons. The molecule has 1 saturated heterocycles. The summed E-state index contributed by atoms with van der Waals surface area (Å²) in [6.45, 7) is 8.41. The van der Waals surface area contributed by atoms with Crippen LogP contribution in [-0.2, 0) is 24.4 Å². The van der Waals surface area contributed by atoms with Gasteiger partial charge in [0.25, 0.3) is 5.56 Å². The zero-order valence-corrected chi connectivity index (χ0v) is 21.6. The molecule has 1 aliphatic rings. The van der Waals surface area contributed by atoms with Gasteiger partial charge in [0.15, 0.2) is 5.82 Å². The van der Waals surface area contributed by atoms with Crippen molar-refractivity contribution in [1.82, 2.24) is 30.1 Å². The van der Waals surface area contributed by atoms with E-state index >= 15 is 0 Å². The number of hydrogen-bond donors (Lipinski definition) is 1. The number of rotatable bonds is 9. The maximum absolute atomic E-state index is 13.6. The molecule has 0 aliphatic carbocycles. The fraction of sp³-hybridized carbons (Fsp3) is 0.429. The fourth-order valence-electron chi connectivity index (χ4n) is 5.33. The van der Waals surface area contributed by atoms with Crippen LogP contribution in [0.25, 0.3) is 10.9 Å². The van der Waals surface area contributed by atoms with Gasteiger partial charge in [-0.15, -0.1) is 5.10 Å². The smallest absolute Gasteiger partial charge is 0.252 e. The SMILES string of the molecule is CC[C@H](c1nnnn1C[C@@H]1CCCO1)N(Cc1ccc(F)cc1)Cc1cc2cc(C)cc(C)c2[nH]c1=O. The third-order valence-corrected chi connectivity index (χ3v) is 7.13. The number of ether oxygens (including phenoxy) is 1. The minimum absolute atomic E-state index is 0.0973. The lowest BCUT2D eigenvalue weighted by molar-refractivity contribution is 0.0888. The molecule has 1 aliphatic heterocycles. The van der Waals surface area contributed by atoms with Gasteiger partial charge in [-0.1, -0.05) is 30.7 Å². The van der Waals surface area contributed by atoms with Crippen LogP contribution in [0, 0.1) is 19.7 Å². The molecule has 8 nitrogen and oxygen atoms in total. The topological polar surface area (TPSA) is 88.9 Å². The second kappa shape index (κ2) is 10.9. The van der Waals surface area contributed by atoms with E-state index in [9.17, 15) is 9.18 Å².